The highest BCUT2D eigenvalue weighted by Gasteiger charge is 2.12. The second-order valence-corrected chi connectivity index (χ2v) is 4.40. The molecule has 2 rings (SSSR count). The van der Waals surface area contributed by atoms with Gasteiger partial charge in [-0.1, -0.05) is 30.2 Å². The van der Waals surface area contributed by atoms with Crippen LogP contribution in [0.25, 0.3) is 11.1 Å². The maximum atomic E-state index is 13.7. The Hall–Kier alpha value is -2.67. The van der Waals surface area contributed by atoms with Crippen molar-refractivity contribution in [3.8, 4) is 23.5 Å². The zero-order chi connectivity index (χ0) is 15.4. The van der Waals surface area contributed by atoms with E-state index in [9.17, 15) is 13.6 Å². The van der Waals surface area contributed by atoms with Crippen molar-refractivity contribution in [2.75, 3.05) is 0 Å². The van der Waals surface area contributed by atoms with Gasteiger partial charge in [0.1, 0.15) is 11.6 Å². The van der Waals surface area contributed by atoms with Gasteiger partial charge < -0.3 is 4.74 Å². The van der Waals surface area contributed by atoms with Crippen LogP contribution >= 0.6 is 0 Å². The van der Waals surface area contributed by atoms with E-state index in [1.807, 2.05) is 0 Å². The van der Waals surface area contributed by atoms with Crippen LogP contribution in [0.5, 0.6) is 0 Å². The number of benzene rings is 2. The molecule has 4 heteroatoms. The predicted molar refractivity (Wildman–Crippen MR) is 75.1 cm³/mol. The number of ether oxygens (including phenoxy) is 1. The van der Waals surface area contributed by atoms with Crippen molar-refractivity contribution in [1.29, 1.82) is 0 Å². The van der Waals surface area contributed by atoms with Crippen LogP contribution in [0.1, 0.15) is 18.6 Å². The molecule has 0 bridgehead atoms. The average Bonchev–Trinajstić information content (AvgIpc) is 2.45. The summed E-state index contributed by atoms with van der Waals surface area (Å²) in [7, 11) is 0. The second-order valence-electron chi connectivity index (χ2n) is 4.40. The number of rotatable bonds is 3. The first-order valence-corrected chi connectivity index (χ1v) is 6.20. The van der Waals surface area contributed by atoms with E-state index >= 15 is 0 Å². The Morgan fingerprint density at radius 3 is 2.38 bits per heavy atom. The molecule has 2 nitrogen and oxygen atoms in total. The third-order valence-corrected chi connectivity index (χ3v) is 2.89. The van der Waals surface area contributed by atoms with Crippen LogP contribution in [-0.4, -0.2) is 5.97 Å². The monoisotopic (exact) mass is 286 g/mol. The number of esters is 1. The highest BCUT2D eigenvalue weighted by Crippen LogP contribution is 2.26. The largest absolute Gasteiger partial charge is 0.444 e. The SMILES string of the molecule is C#CC(OC(C)=O)c1ccc(-c2ccc(F)cc2F)cc1. The lowest BCUT2D eigenvalue weighted by molar-refractivity contribution is -0.144. The fourth-order valence-corrected chi connectivity index (χ4v) is 1.93. The summed E-state index contributed by atoms with van der Waals surface area (Å²) in [6, 6.07) is 9.95. The van der Waals surface area contributed by atoms with Crippen LogP contribution in [0.3, 0.4) is 0 Å². The zero-order valence-corrected chi connectivity index (χ0v) is 11.3. The van der Waals surface area contributed by atoms with Crippen molar-refractivity contribution in [3.63, 3.8) is 0 Å². The van der Waals surface area contributed by atoms with E-state index in [0.29, 0.717) is 11.1 Å². The Morgan fingerprint density at radius 1 is 1.19 bits per heavy atom. The number of halogens is 2. The van der Waals surface area contributed by atoms with Crippen molar-refractivity contribution in [1.82, 2.24) is 0 Å². The van der Waals surface area contributed by atoms with Gasteiger partial charge in [-0.15, -0.1) is 6.42 Å². The first-order chi connectivity index (χ1) is 10.0. The molecule has 0 aliphatic heterocycles. The van der Waals surface area contributed by atoms with Crippen molar-refractivity contribution in [2.24, 2.45) is 0 Å². The summed E-state index contributed by atoms with van der Waals surface area (Å²) in [4.78, 5) is 10.9. The van der Waals surface area contributed by atoms with Gasteiger partial charge in [-0.25, -0.2) is 8.78 Å². The van der Waals surface area contributed by atoms with E-state index in [1.54, 1.807) is 24.3 Å². The van der Waals surface area contributed by atoms with Crippen molar-refractivity contribution in [3.05, 3.63) is 59.7 Å². The Bertz CT molecular complexity index is 700. The van der Waals surface area contributed by atoms with Crippen LogP contribution in [0.15, 0.2) is 42.5 Å². The molecule has 0 saturated carbocycles. The first kappa shape index (κ1) is 14.7. The minimum atomic E-state index is -0.783. The third kappa shape index (κ3) is 3.46. The van der Waals surface area contributed by atoms with E-state index in [-0.39, 0.29) is 5.56 Å². The van der Waals surface area contributed by atoms with E-state index in [4.69, 9.17) is 11.2 Å². The van der Waals surface area contributed by atoms with Gasteiger partial charge in [-0.05, 0) is 17.7 Å². The number of carbonyl (C=O) groups is 1. The van der Waals surface area contributed by atoms with Crippen LogP contribution < -0.4 is 0 Å². The summed E-state index contributed by atoms with van der Waals surface area (Å²) in [5.41, 5.74) is 1.47. The summed E-state index contributed by atoms with van der Waals surface area (Å²) in [6.45, 7) is 1.27. The Kier molecular flexibility index (Phi) is 4.34. The number of hydrogen-bond acceptors (Lipinski definition) is 2. The Balaban J connectivity index is 2.30. The van der Waals surface area contributed by atoms with E-state index in [2.05, 4.69) is 5.92 Å². The molecule has 0 radical (unpaired) electrons. The normalized spacial score (nSPS) is 11.5. The molecule has 0 amide bonds. The Labute approximate surface area is 121 Å². The minimum absolute atomic E-state index is 0.285. The quantitative estimate of drug-likeness (QED) is 0.632. The fourth-order valence-electron chi connectivity index (χ4n) is 1.93. The summed E-state index contributed by atoms with van der Waals surface area (Å²) in [6.07, 6.45) is 4.53. The maximum Gasteiger partial charge on any atom is 0.304 e. The molecule has 0 aromatic heterocycles. The maximum absolute atomic E-state index is 13.7. The second kappa shape index (κ2) is 6.19. The van der Waals surface area contributed by atoms with Gasteiger partial charge in [0.15, 0.2) is 6.10 Å². The molecular formula is C17H12F2O2. The van der Waals surface area contributed by atoms with Crippen LogP contribution in [0.4, 0.5) is 8.78 Å². The van der Waals surface area contributed by atoms with Crippen molar-refractivity contribution >= 4 is 5.97 Å². The standard InChI is InChI=1S/C17H12F2O2/c1-3-17(21-11(2)20)13-6-4-12(5-7-13)15-9-8-14(18)10-16(15)19/h1,4-10,17H,2H3. The lowest BCUT2D eigenvalue weighted by Gasteiger charge is -2.12. The Morgan fingerprint density at radius 2 is 1.86 bits per heavy atom. The molecule has 0 saturated heterocycles. The smallest absolute Gasteiger partial charge is 0.304 e. The lowest BCUT2D eigenvalue weighted by Crippen LogP contribution is -2.06. The third-order valence-electron chi connectivity index (χ3n) is 2.89. The molecule has 0 spiro atoms. The molecule has 2 aromatic rings. The van der Waals surface area contributed by atoms with Crippen molar-refractivity contribution in [2.45, 2.75) is 13.0 Å². The summed E-state index contributed by atoms with van der Waals surface area (Å²) >= 11 is 0. The molecule has 0 aliphatic rings. The van der Waals surface area contributed by atoms with Gasteiger partial charge >= 0.3 is 5.97 Å². The molecule has 0 heterocycles. The molecule has 0 N–H and O–H groups in total. The summed E-state index contributed by atoms with van der Waals surface area (Å²) < 4.78 is 31.6. The molecule has 1 unspecified atom stereocenters. The predicted octanol–water partition coefficient (Wildman–Crippen LogP) is 3.87. The molecule has 0 fully saturated rings. The van der Waals surface area contributed by atoms with Gasteiger partial charge in [-0.3, -0.25) is 4.79 Å². The topological polar surface area (TPSA) is 26.3 Å². The summed E-state index contributed by atoms with van der Waals surface area (Å²) in [5.74, 6) is 0.609. The number of terminal acetylenes is 1. The van der Waals surface area contributed by atoms with Crippen LogP contribution in [-0.2, 0) is 9.53 Å². The van der Waals surface area contributed by atoms with Crippen molar-refractivity contribution < 1.29 is 18.3 Å². The van der Waals surface area contributed by atoms with Gasteiger partial charge in [0.25, 0.3) is 0 Å². The van der Waals surface area contributed by atoms with E-state index in [1.165, 1.54) is 19.1 Å². The molecule has 106 valence electrons. The fraction of sp³-hybridized carbons (Fsp3) is 0.118. The number of carbonyl (C=O) groups excluding carboxylic acids is 1. The van der Waals surface area contributed by atoms with Crippen LogP contribution in [0.2, 0.25) is 0 Å². The van der Waals surface area contributed by atoms with Gasteiger partial charge in [0.05, 0.1) is 0 Å². The van der Waals surface area contributed by atoms with Gasteiger partial charge in [-0.2, -0.15) is 0 Å². The highest BCUT2D eigenvalue weighted by molar-refractivity contribution is 5.67. The molecule has 21 heavy (non-hydrogen) atoms. The lowest BCUT2D eigenvalue weighted by atomic mass is 10.0. The highest BCUT2D eigenvalue weighted by atomic mass is 19.1. The minimum Gasteiger partial charge on any atom is -0.444 e. The van der Waals surface area contributed by atoms with E-state index < -0.39 is 23.7 Å². The zero-order valence-electron chi connectivity index (χ0n) is 11.3. The molecular weight excluding hydrogens is 274 g/mol. The number of hydrogen-bond donors (Lipinski definition) is 0. The summed E-state index contributed by atoms with van der Waals surface area (Å²) in [5, 5.41) is 0. The van der Waals surface area contributed by atoms with Crippen LogP contribution in [0, 0.1) is 24.0 Å². The van der Waals surface area contributed by atoms with Gasteiger partial charge in [0, 0.05) is 24.1 Å². The first-order valence-electron chi connectivity index (χ1n) is 6.20. The average molecular weight is 286 g/mol. The van der Waals surface area contributed by atoms with Gasteiger partial charge in [0.2, 0.25) is 0 Å². The molecule has 0 aliphatic carbocycles. The molecule has 2 aromatic carbocycles. The van der Waals surface area contributed by atoms with E-state index in [0.717, 1.165) is 6.07 Å². The molecule has 1 atom stereocenters.